The molecule has 7 nitrogen and oxygen atoms in total. The van der Waals surface area contributed by atoms with Gasteiger partial charge in [0.2, 0.25) is 5.90 Å². The third kappa shape index (κ3) is 7.71. The van der Waals surface area contributed by atoms with E-state index in [1.807, 2.05) is 18.2 Å². The SMILES string of the molecule is COC(=O)Cc1ccc(C(=N)O)cc1.COc1ccc2c(c1)C(C)(Cc1ccccc1)/C(=C/C=C/C=N)N2C.[Co]. The molecule has 0 spiro atoms. The molecule has 1 aliphatic rings. The third-order valence-electron chi connectivity index (χ3n) is 6.75. The molecule has 0 saturated carbocycles. The molecule has 1 heterocycles. The van der Waals surface area contributed by atoms with Crippen LogP contribution in [0.4, 0.5) is 5.69 Å². The minimum Gasteiger partial charge on any atom is -0.497 e. The van der Waals surface area contributed by atoms with Gasteiger partial charge >= 0.3 is 5.97 Å². The fraction of sp³-hybridized carbons (Fsp3) is 0.219. The molecular weight excluding hydrogens is 549 g/mol. The number of hydrogen-bond acceptors (Lipinski definition) is 6. The first-order chi connectivity index (χ1) is 18.7. The van der Waals surface area contributed by atoms with Crippen molar-refractivity contribution in [3.8, 4) is 5.75 Å². The molecule has 3 N–H and O–H groups in total. The van der Waals surface area contributed by atoms with Crippen LogP contribution in [0.5, 0.6) is 5.75 Å². The van der Waals surface area contributed by atoms with Gasteiger partial charge in [-0.25, -0.2) is 0 Å². The van der Waals surface area contributed by atoms with Crippen molar-refractivity contribution in [3.63, 3.8) is 0 Å². The van der Waals surface area contributed by atoms with Crippen molar-refractivity contribution >= 4 is 23.8 Å². The molecule has 211 valence electrons. The molecular formula is C32H35CoN3O4. The summed E-state index contributed by atoms with van der Waals surface area (Å²) >= 11 is 0. The zero-order chi connectivity index (χ0) is 28.4. The Labute approximate surface area is 246 Å². The largest absolute Gasteiger partial charge is 0.497 e. The summed E-state index contributed by atoms with van der Waals surface area (Å²) < 4.78 is 9.97. The summed E-state index contributed by atoms with van der Waals surface area (Å²) in [5, 5.41) is 23.0. The van der Waals surface area contributed by atoms with Gasteiger partial charge in [0.15, 0.2) is 0 Å². The number of likely N-dealkylation sites (N-methyl/N-ethyl adjacent to an activating group) is 1. The van der Waals surface area contributed by atoms with E-state index in [1.54, 1.807) is 37.5 Å². The minimum absolute atomic E-state index is 0. The van der Waals surface area contributed by atoms with Gasteiger partial charge in [-0.05, 0) is 72.5 Å². The Balaban J connectivity index is 0.000000320. The number of allylic oxidation sites excluding steroid dienone is 4. The molecule has 0 aliphatic carbocycles. The first kappa shape index (κ1) is 32.1. The van der Waals surface area contributed by atoms with Gasteiger partial charge in [-0.15, -0.1) is 0 Å². The van der Waals surface area contributed by atoms with Crippen molar-refractivity contribution in [2.24, 2.45) is 0 Å². The first-order valence-electron chi connectivity index (χ1n) is 12.5. The number of benzene rings is 3. The van der Waals surface area contributed by atoms with E-state index in [9.17, 15) is 4.79 Å². The number of methoxy groups -OCH3 is 2. The van der Waals surface area contributed by atoms with E-state index in [0.29, 0.717) is 5.56 Å². The summed E-state index contributed by atoms with van der Waals surface area (Å²) in [7, 11) is 5.14. The fourth-order valence-electron chi connectivity index (χ4n) is 4.72. The number of nitrogens with one attached hydrogen (secondary N) is 2. The van der Waals surface area contributed by atoms with Crippen LogP contribution in [-0.2, 0) is 44.6 Å². The van der Waals surface area contributed by atoms with Crippen molar-refractivity contribution in [3.05, 3.63) is 119 Å². The molecule has 3 aromatic rings. The van der Waals surface area contributed by atoms with E-state index in [1.165, 1.54) is 35.8 Å². The summed E-state index contributed by atoms with van der Waals surface area (Å²) in [6.07, 6.45) is 8.20. The number of aliphatic hydroxyl groups is 1. The normalized spacial score (nSPS) is 16.4. The van der Waals surface area contributed by atoms with Crippen molar-refractivity contribution in [1.82, 2.24) is 0 Å². The monoisotopic (exact) mass is 584 g/mol. The van der Waals surface area contributed by atoms with Crippen molar-refractivity contribution in [2.75, 3.05) is 26.2 Å². The summed E-state index contributed by atoms with van der Waals surface area (Å²) in [6.45, 7) is 2.28. The molecule has 0 fully saturated rings. The van der Waals surface area contributed by atoms with E-state index in [4.69, 9.17) is 20.7 Å². The van der Waals surface area contributed by atoms with Crippen LogP contribution in [0.15, 0.2) is 96.7 Å². The Bertz CT molecular complexity index is 1370. The number of carbonyl (C=O) groups is 1. The van der Waals surface area contributed by atoms with Gasteiger partial charge in [0.1, 0.15) is 5.75 Å². The predicted octanol–water partition coefficient (Wildman–Crippen LogP) is 6.02. The summed E-state index contributed by atoms with van der Waals surface area (Å²) in [5.41, 5.74) is 6.06. The van der Waals surface area contributed by atoms with Crippen LogP contribution in [0.25, 0.3) is 0 Å². The van der Waals surface area contributed by atoms with E-state index >= 15 is 0 Å². The topological polar surface area (TPSA) is 107 Å². The van der Waals surface area contributed by atoms with Crippen molar-refractivity contribution in [2.45, 2.75) is 25.2 Å². The van der Waals surface area contributed by atoms with E-state index < -0.39 is 5.90 Å². The van der Waals surface area contributed by atoms with Gasteiger partial charge in [0.05, 0.1) is 20.6 Å². The second kappa shape index (κ2) is 14.9. The predicted molar refractivity (Wildman–Crippen MR) is 157 cm³/mol. The minimum atomic E-state index is -0.477. The summed E-state index contributed by atoms with van der Waals surface area (Å²) in [5.74, 6) is 0.0918. The van der Waals surface area contributed by atoms with Crippen LogP contribution in [0.3, 0.4) is 0 Å². The maximum absolute atomic E-state index is 10.9. The maximum Gasteiger partial charge on any atom is 0.309 e. The van der Waals surface area contributed by atoms with Crippen molar-refractivity contribution < 1.29 is 36.2 Å². The van der Waals surface area contributed by atoms with Gasteiger partial charge in [-0.3, -0.25) is 10.2 Å². The van der Waals surface area contributed by atoms with Crippen LogP contribution in [-0.4, -0.2) is 44.5 Å². The number of anilines is 1. The molecule has 1 atom stereocenters. The van der Waals surface area contributed by atoms with E-state index in [0.717, 1.165) is 17.7 Å². The number of fused-ring (bicyclic) bond motifs is 1. The Morgan fingerprint density at radius 3 is 2.25 bits per heavy atom. The molecule has 1 radical (unpaired) electrons. The molecule has 0 aromatic heterocycles. The average molecular weight is 585 g/mol. The molecule has 40 heavy (non-hydrogen) atoms. The molecule has 3 aromatic carbocycles. The number of aliphatic hydroxyl groups excluding tert-OH is 1. The quantitative estimate of drug-likeness (QED) is 0.171. The number of esters is 1. The van der Waals surface area contributed by atoms with Gasteiger partial charge in [0.25, 0.3) is 0 Å². The molecule has 1 aliphatic heterocycles. The van der Waals surface area contributed by atoms with Crippen LogP contribution < -0.4 is 9.64 Å². The van der Waals surface area contributed by atoms with Gasteiger partial charge in [0, 0.05) is 52.4 Å². The van der Waals surface area contributed by atoms with Gasteiger partial charge in [-0.2, -0.15) is 0 Å². The molecule has 0 amide bonds. The molecule has 1 unspecified atom stereocenters. The number of ether oxygens (including phenoxy) is 2. The van der Waals surface area contributed by atoms with Crippen molar-refractivity contribution in [1.29, 1.82) is 10.8 Å². The number of hydrogen-bond donors (Lipinski definition) is 3. The van der Waals surface area contributed by atoms with E-state index in [-0.39, 0.29) is 34.6 Å². The molecule has 4 rings (SSSR count). The van der Waals surface area contributed by atoms with Crippen LogP contribution in [0.2, 0.25) is 0 Å². The van der Waals surface area contributed by atoms with Crippen LogP contribution >= 0.6 is 0 Å². The molecule has 8 heteroatoms. The number of carbonyl (C=O) groups excluding carboxylic acids is 1. The van der Waals surface area contributed by atoms with Gasteiger partial charge < -0.3 is 24.9 Å². The fourth-order valence-corrected chi connectivity index (χ4v) is 4.72. The third-order valence-corrected chi connectivity index (χ3v) is 6.75. The standard InChI is InChI=1S/C22H24N2O.C10H11NO3.Co/c1-22(16-17-9-5-4-6-10-17)19-15-18(25-3)12-13-20(19)24(2)21(22)11-7-8-14-23;1-14-9(12)6-7-2-4-8(5-3-7)10(11)13;/h4-15,23H,16H2,1-3H3;2-5H,6H2,1H3,(H2,11,13);/b8-7+,21-11-,23-14?;;. The summed E-state index contributed by atoms with van der Waals surface area (Å²) in [4.78, 5) is 13.1. The second-order valence-corrected chi connectivity index (χ2v) is 9.34. The zero-order valence-electron chi connectivity index (χ0n) is 23.1. The Kier molecular flexibility index (Phi) is 11.9. The second-order valence-electron chi connectivity index (χ2n) is 9.34. The zero-order valence-corrected chi connectivity index (χ0v) is 24.1. The Hall–Kier alpha value is -4.14. The van der Waals surface area contributed by atoms with Crippen LogP contribution in [0, 0.1) is 10.8 Å². The number of rotatable bonds is 8. The van der Waals surface area contributed by atoms with E-state index in [2.05, 4.69) is 66.1 Å². The van der Waals surface area contributed by atoms with Crippen LogP contribution in [0.1, 0.15) is 29.2 Å². The Morgan fingerprint density at radius 1 is 1.00 bits per heavy atom. The molecule has 0 bridgehead atoms. The summed E-state index contributed by atoms with van der Waals surface area (Å²) in [6, 6.07) is 23.4. The molecule has 0 saturated heterocycles. The van der Waals surface area contributed by atoms with Gasteiger partial charge in [-0.1, -0.05) is 48.5 Å². The number of nitrogens with zero attached hydrogens (tertiary/aromatic N) is 1. The Morgan fingerprint density at radius 2 is 1.68 bits per heavy atom. The average Bonchev–Trinajstić information content (AvgIpc) is 3.15. The smallest absolute Gasteiger partial charge is 0.309 e. The maximum atomic E-state index is 10.9. The first-order valence-corrected chi connectivity index (χ1v) is 12.5.